The molecule has 2 aromatic carbocycles. The van der Waals surface area contributed by atoms with Crippen molar-refractivity contribution in [3.63, 3.8) is 0 Å². The molecule has 0 heterocycles. The van der Waals surface area contributed by atoms with Crippen molar-refractivity contribution in [2.24, 2.45) is 0 Å². The van der Waals surface area contributed by atoms with Crippen molar-refractivity contribution in [3.05, 3.63) is 84.0 Å². The van der Waals surface area contributed by atoms with Crippen molar-refractivity contribution < 1.29 is 0 Å². The molecule has 0 nitrogen and oxygen atoms in total. The highest BCUT2D eigenvalue weighted by molar-refractivity contribution is 5.83. The summed E-state index contributed by atoms with van der Waals surface area (Å²) >= 11 is 0. The van der Waals surface area contributed by atoms with E-state index in [0.29, 0.717) is 0 Å². The molecule has 0 unspecified atom stereocenters. The summed E-state index contributed by atoms with van der Waals surface area (Å²) in [5, 5.41) is 0. The van der Waals surface area contributed by atoms with Crippen LogP contribution in [0.2, 0.25) is 0 Å². The SMILES string of the molecule is C=C(C=CC)C1(C)c2ccccc2-c2ccccc21. The van der Waals surface area contributed by atoms with E-state index in [1.807, 2.05) is 6.92 Å². The van der Waals surface area contributed by atoms with Crippen LogP contribution < -0.4 is 0 Å². The summed E-state index contributed by atoms with van der Waals surface area (Å²) in [6, 6.07) is 17.3. The van der Waals surface area contributed by atoms with Crippen LogP contribution in [0.15, 0.2) is 72.8 Å². The van der Waals surface area contributed by atoms with Crippen LogP contribution in [-0.2, 0) is 5.41 Å². The second-order valence-corrected chi connectivity index (χ2v) is 5.24. The summed E-state index contributed by atoms with van der Waals surface area (Å²) in [5.74, 6) is 0. The largest absolute Gasteiger partial charge is 0.0946 e. The van der Waals surface area contributed by atoms with Crippen LogP contribution in [0, 0.1) is 0 Å². The van der Waals surface area contributed by atoms with E-state index in [2.05, 4.69) is 74.2 Å². The molecule has 0 radical (unpaired) electrons. The average Bonchev–Trinajstić information content (AvgIpc) is 2.72. The third kappa shape index (κ3) is 1.53. The molecule has 0 atom stereocenters. The summed E-state index contributed by atoms with van der Waals surface area (Å²) in [5.41, 5.74) is 6.43. The van der Waals surface area contributed by atoms with Crippen molar-refractivity contribution in [1.29, 1.82) is 0 Å². The Morgan fingerprint density at radius 2 is 1.42 bits per heavy atom. The molecule has 0 spiro atoms. The Morgan fingerprint density at radius 1 is 0.947 bits per heavy atom. The fraction of sp³-hybridized carbons (Fsp3) is 0.158. The van der Waals surface area contributed by atoms with E-state index in [4.69, 9.17) is 0 Å². The van der Waals surface area contributed by atoms with Gasteiger partial charge in [-0.3, -0.25) is 0 Å². The topological polar surface area (TPSA) is 0 Å². The highest BCUT2D eigenvalue weighted by Crippen LogP contribution is 2.52. The third-order valence-electron chi connectivity index (χ3n) is 4.23. The van der Waals surface area contributed by atoms with Crippen LogP contribution in [0.5, 0.6) is 0 Å². The molecule has 0 heteroatoms. The second kappa shape index (κ2) is 4.24. The first-order chi connectivity index (χ1) is 9.19. The molecule has 1 aliphatic rings. The smallest absolute Gasteiger partial charge is 0.0429 e. The summed E-state index contributed by atoms with van der Waals surface area (Å²) < 4.78 is 0. The summed E-state index contributed by atoms with van der Waals surface area (Å²) in [4.78, 5) is 0. The van der Waals surface area contributed by atoms with E-state index >= 15 is 0 Å². The van der Waals surface area contributed by atoms with Crippen LogP contribution in [-0.4, -0.2) is 0 Å². The Morgan fingerprint density at radius 3 is 1.89 bits per heavy atom. The van der Waals surface area contributed by atoms with Crippen LogP contribution in [0.25, 0.3) is 11.1 Å². The zero-order valence-electron chi connectivity index (χ0n) is 11.5. The van der Waals surface area contributed by atoms with Gasteiger partial charge in [-0.25, -0.2) is 0 Å². The van der Waals surface area contributed by atoms with E-state index in [0.717, 1.165) is 5.57 Å². The van der Waals surface area contributed by atoms with Crippen molar-refractivity contribution >= 4 is 0 Å². The van der Waals surface area contributed by atoms with Gasteiger partial charge in [0.1, 0.15) is 0 Å². The van der Waals surface area contributed by atoms with Gasteiger partial charge in [-0.15, -0.1) is 0 Å². The molecule has 0 aliphatic heterocycles. The van der Waals surface area contributed by atoms with E-state index in [9.17, 15) is 0 Å². The molecule has 0 N–H and O–H groups in total. The maximum absolute atomic E-state index is 4.31. The third-order valence-corrected chi connectivity index (χ3v) is 4.23. The number of fused-ring (bicyclic) bond motifs is 3. The lowest BCUT2D eigenvalue weighted by molar-refractivity contribution is 0.715. The number of hydrogen-bond donors (Lipinski definition) is 0. The van der Waals surface area contributed by atoms with Gasteiger partial charge >= 0.3 is 0 Å². The zero-order valence-corrected chi connectivity index (χ0v) is 11.5. The van der Waals surface area contributed by atoms with Crippen LogP contribution in [0.4, 0.5) is 0 Å². The fourth-order valence-electron chi connectivity index (χ4n) is 3.17. The first-order valence-electron chi connectivity index (χ1n) is 6.71. The maximum atomic E-state index is 4.31. The first kappa shape index (κ1) is 12.0. The Labute approximate surface area is 115 Å². The first-order valence-corrected chi connectivity index (χ1v) is 6.71. The molecule has 0 saturated carbocycles. The van der Waals surface area contributed by atoms with Crippen molar-refractivity contribution in [1.82, 2.24) is 0 Å². The van der Waals surface area contributed by atoms with Crippen LogP contribution in [0.1, 0.15) is 25.0 Å². The number of rotatable bonds is 2. The molecule has 2 aromatic rings. The Bertz CT molecular complexity index is 628. The predicted molar refractivity (Wildman–Crippen MR) is 82.3 cm³/mol. The number of benzene rings is 2. The molecular formula is C19H18. The van der Waals surface area contributed by atoms with E-state index in [-0.39, 0.29) is 5.41 Å². The molecule has 0 bridgehead atoms. The molecule has 0 fully saturated rings. The molecular weight excluding hydrogens is 228 g/mol. The maximum Gasteiger partial charge on any atom is 0.0429 e. The summed E-state index contributed by atoms with van der Waals surface area (Å²) in [7, 11) is 0. The standard InChI is InChI=1S/C19H18/c1-4-9-14(2)19(3)17-12-7-5-10-15(17)16-11-6-8-13-18(16)19/h4-13H,2H2,1,3H3. The van der Waals surface area contributed by atoms with Gasteiger partial charge in [0.25, 0.3) is 0 Å². The van der Waals surface area contributed by atoms with Gasteiger partial charge in [-0.1, -0.05) is 67.3 Å². The van der Waals surface area contributed by atoms with Crippen molar-refractivity contribution in [2.75, 3.05) is 0 Å². The van der Waals surface area contributed by atoms with E-state index < -0.39 is 0 Å². The van der Waals surface area contributed by atoms with Crippen molar-refractivity contribution in [2.45, 2.75) is 19.3 Å². The summed E-state index contributed by atoms with van der Waals surface area (Å²) in [6.45, 7) is 8.63. The molecule has 1 aliphatic carbocycles. The molecule has 94 valence electrons. The highest BCUT2D eigenvalue weighted by Gasteiger charge is 2.39. The lowest BCUT2D eigenvalue weighted by Crippen LogP contribution is -2.22. The minimum Gasteiger partial charge on any atom is -0.0946 e. The molecule has 0 amide bonds. The molecule has 3 rings (SSSR count). The van der Waals surface area contributed by atoms with Crippen molar-refractivity contribution in [3.8, 4) is 11.1 Å². The lowest BCUT2D eigenvalue weighted by atomic mass is 9.74. The molecule has 0 saturated heterocycles. The summed E-state index contributed by atoms with van der Waals surface area (Å²) in [6.07, 6.45) is 4.19. The minimum absolute atomic E-state index is 0.111. The van der Waals surface area contributed by atoms with Crippen LogP contribution >= 0.6 is 0 Å². The Hall–Kier alpha value is -2.08. The predicted octanol–water partition coefficient (Wildman–Crippen LogP) is 5.11. The average molecular weight is 246 g/mol. The van der Waals surface area contributed by atoms with Gasteiger partial charge in [0.2, 0.25) is 0 Å². The van der Waals surface area contributed by atoms with Gasteiger partial charge in [0, 0.05) is 5.41 Å². The fourth-order valence-corrected chi connectivity index (χ4v) is 3.17. The minimum atomic E-state index is -0.111. The van der Waals surface area contributed by atoms with Gasteiger partial charge < -0.3 is 0 Å². The van der Waals surface area contributed by atoms with E-state index in [1.54, 1.807) is 0 Å². The van der Waals surface area contributed by atoms with Gasteiger partial charge in [0.05, 0.1) is 0 Å². The van der Waals surface area contributed by atoms with Gasteiger partial charge in [-0.2, -0.15) is 0 Å². The normalized spacial score (nSPS) is 15.3. The van der Waals surface area contributed by atoms with E-state index in [1.165, 1.54) is 22.3 Å². The number of allylic oxidation sites excluding steroid dienone is 3. The lowest BCUT2D eigenvalue weighted by Gasteiger charge is -2.28. The Balaban J connectivity index is 2.34. The Kier molecular flexibility index (Phi) is 2.67. The van der Waals surface area contributed by atoms with Gasteiger partial charge in [-0.05, 0) is 41.7 Å². The quantitative estimate of drug-likeness (QED) is 0.646. The zero-order chi connectivity index (χ0) is 13.5. The van der Waals surface area contributed by atoms with Gasteiger partial charge in [0.15, 0.2) is 0 Å². The molecule has 0 aromatic heterocycles. The number of hydrogen-bond acceptors (Lipinski definition) is 0. The monoisotopic (exact) mass is 246 g/mol. The van der Waals surface area contributed by atoms with Crippen LogP contribution in [0.3, 0.4) is 0 Å². The highest BCUT2D eigenvalue weighted by atomic mass is 14.4. The molecule has 19 heavy (non-hydrogen) atoms. The second-order valence-electron chi connectivity index (χ2n) is 5.24.